The summed E-state index contributed by atoms with van der Waals surface area (Å²) in [5.74, 6) is -0.559. The molecule has 0 spiro atoms. The lowest BCUT2D eigenvalue weighted by Crippen LogP contribution is -2.14. The lowest BCUT2D eigenvalue weighted by molar-refractivity contribution is -0.384. The topological polar surface area (TPSA) is 108 Å². The molecule has 0 fully saturated rings. The van der Waals surface area contributed by atoms with Crippen molar-refractivity contribution in [2.45, 2.75) is 6.92 Å². The molecule has 8 heteroatoms. The van der Waals surface area contributed by atoms with Gasteiger partial charge in [0, 0.05) is 18.7 Å². The summed E-state index contributed by atoms with van der Waals surface area (Å²) in [7, 11) is 1.54. The number of rotatable bonds is 8. The van der Waals surface area contributed by atoms with E-state index in [-0.39, 0.29) is 22.7 Å². The largest absolute Gasteiger partial charge is 0.494 e. The number of nitro groups is 1. The lowest BCUT2D eigenvalue weighted by Gasteiger charge is -2.07. The second kappa shape index (κ2) is 8.61. The van der Waals surface area contributed by atoms with Crippen molar-refractivity contribution < 1.29 is 24.0 Å². The van der Waals surface area contributed by atoms with Crippen LogP contribution in [0.25, 0.3) is 0 Å². The summed E-state index contributed by atoms with van der Waals surface area (Å²) in [4.78, 5) is 34.6. The Morgan fingerprint density at radius 2 is 1.77 bits per heavy atom. The molecule has 0 aliphatic heterocycles. The molecular weight excluding hydrogens is 340 g/mol. The Morgan fingerprint density at radius 3 is 2.35 bits per heavy atom. The Bertz CT molecular complexity index is 817. The standard InChI is InChI=1S/C18H18N2O6/c1-3-25-14-7-4-12(5-8-14)17(21)11-26-18(22)13-6-9-15(19-2)16(10-13)20(23)24/h4-10,19H,3,11H2,1-2H3. The maximum absolute atomic E-state index is 12.1. The van der Waals surface area contributed by atoms with Crippen molar-refractivity contribution in [1.82, 2.24) is 0 Å². The third-order valence-corrected chi connectivity index (χ3v) is 3.52. The van der Waals surface area contributed by atoms with E-state index in [0.717, 1.165) is 6.07 Å². The fraction of sp³-hybridized carbons (Fsp3) is 0.222. The highest BCUT2D eigenvalue weighted by atomic mass is 16.6. The van der Waals surface area contributed by atoms with Crippen LogP contribution < -0.4 is 10.1 Å². The molecule has 1 N–H and O–H groups in total. The number of ether oxygens (including phenoxy) is 2. The van der Waals surface area contributed by atoms with Crippen LogP contribution in [0, 0.1) is 10.1 Å². The van der Waals surface area contributed by atoms with E-state index in [1.807, 2.05) is 6.92 Å². The fourth-order valence-corrected chi connectivity index (χ4v) is 2.22. The number of anilines is 1. The minimum absolute atomic E-state index is 0.00445. The number of nitro benzene ring substituents is 1. The zero-order chi connectivity index (χ0) is 19.1. The van der Waals surface area contributed by atoms with Gasteiger partial charge in [0.05, 0.1) is 17.1 Å². The van der Waals surface area contributed by atoms with Gasteiger partial charge in [0.2, 0.25) is 0 Å². The van der Waals surface area contributed by atoms with Crippen molar-refractivity contribution >= 4 is 23.1 Å². The second-order valence-corrected chi connectivity index (χ2v) is 5.20. The molecule has 0 heterocycles. The molecular formula is C18H18N2O6. The molecule has 0 atom stereocenters. The van der Waals surface area contributed by atoms with Crippen molar-refractivity contribution in [2.75, 3.05) is 25.6 Å². The van der Waals surface area contributed by atoms with Crippen LogP contribution in [0.5, 0.6) is 5.75 Å². The third kappa shape index (κ3) is 4.56. The first-order chi connectivity index (χ1) is 12.5. The van der Waals surface area contributed by atoms with Gasteiger partial charge in [-0.05, 0) is 43.3 Å². The third-order valence-electron chi connectivity index (χ3n) is 3.52. The SMILES string of the molecule is CCOc1ccc(C(=O)COC(=O)c2ccc(NC)c([N+](=O)[O-])c2)cc1. The Morgan fingerprint density at radius 1 is 1.12 bits per heavy atom. The number of carbonyl (C=O) groups excluding carboxylic acids is 2. The van der Waals surface area contributed by atoms with E-state index in [2.05, 4.69) is 5.32 Å². The predicted molar refractivity (Wildman–Crippen MR) is 94.9 cm³/mol. The highest BCUT2D eigenvalue weighted by Crippen LogP contribution is 2.25. The Balaban J connectivity index is 2.02. The molecule has 0 aliphatic rings. The molecule has 0 amide bonds. The van der Waals surface area contributed by atoms with Crippen LogP contribution in [-0.4, -0.2) is 36.9 Å². The van der Waals surface area contributed by atoms with Gasteiger partial charge in [-0.3, -0.25) is 14.9 Å². The fourth-order valence-electron chi connectivity index (χ4n) is 2.22. The lowest BCUT2D eigenvalue weighted by atomic mass is 10.1. The summed E-state index contributed by atoms with van der Waals surface area (Å²) in [6.07, 6.45) is 0. The minimum Gasteiger partial charge on any atom is -0.494 e. The van der Waals surface area contributed by atoms with Gasteiger partial charge in [-0.25, -0.2) is 4.79 Å². The number of esters is 1. The van der Waals surface area contributed by atoms with Gasteiger partial charge >= 0.3 is 5.97 Å². The summed E-state index contributed by atoms with van der Waals surface area (Å²) >= 11 is 0. The first kappa shape index (κ1) is 18.9. The smallest absolute Gasteiger partial charge is 0.338 e. The summed E-state index contributed by atoms with van der Waals surface area (Å²) in [6.45, 7) is 1.91. The van der Waals surface area contributed by atoms with E-state index in [1.54, 1.807) is 24.3 Å². The van der Waals surface area contributed by atoms with Crippen LogP contribution in [0.3, 0.4) is 0 Å². The van der Waals surface area contributed by atoms with Gasteiger partial charge < -0.3 is 14.8 Å². The second-order valence-electron chi connectivity index (χ2n) is 5.20. The zero-order valence-corrected chi connectivity index (χ0v) is 14.4. The number of nitrogens with zero attached hydrogens (tertiary/aromatic N) is 1. The number of hydrogen-bond donors (Lipinski definition) is 1. The summed E-state index contributed by atoms with van der Waals surface area (Å²) < 4.78 is 10.3. The van der Waals surface area contributed by atoms with Crippen LogP contribution in [0.15, 0.2) is 42.5 Å². The number of ketones is 1. The molecule has 26 heavy (non-hydrogen) atoms. The number of nitrogens with one attached hydrogen (secondary N) is 1. The molecule has 0 bridgehead atoms. The molecule has 0 saturated heterocycles. The Labute approximate surface area is 149 Å². The summed E-state index contributed by atoms with van der Waals surface area (Å²) in [5, 5.41) is 13.7. The molecule has 2 rings (SSSR count). The highest BCUT2D eigenvalue weighted by molar-refractivity contribution is 5.99. The van der Waals surface area contributed by atoms with E-state index in [1.165, 1.54) is 19.2 Å². The molecule has 0 aliphatic carbocycles. The van der Waals surface area contributed by atoms with Crippen LogP contribution in [0.2, 0.25) is 0 Å². The number of Topliss-reactive ketones (excluding diaryl/α,β-unsaturated/α-hetero) is 1. The average molecular weight is 358 g/mol. The molecule has 0 unspecified atom stereocenters. The molecule has 136 valence electrons. The predicted octanol–water partition coefficient (Wildman–Crippen LogP) is 3.07. The minimum atomic E-state index is -0.810. The van der Waals surface area contributed by atoms with E-state index in [9.17, 15) is 19.7 Å². The molecule has 0 radical (unpaired) electrons. The highest BCUT2D eigenvalue weighted by Gasteiger charge is 2.18. The van der Waals surface area contributed by atoms with Crippen LogP contribution in [0.1, 0.15) is 27.6 Å². The Kier molecular flexibility index (Phi) is 6.26. The number of benzene rings is 2. The Hall–Kier alpha value is -3.42. The van der Waals surface area contributed by atoms with Gasteiger partial charge in [0.1, 0.15) is 11.4 Å². The molecule has 2 aromatic carbocycles. The van der Waals surface area contributed by atoms with Crippen molar-refractivity contribution in [3.8, 4) is 5.75 Å². The monoisotopic (exact) mass is 358 g/mol. The van der Waals surface area contributed by atoms with E-state index >= 15 is 0 Å². The van der Waals surface area contributed by atoms with Gasteiger partial charge in [-0.1, -0.05) is 0 Å². The zero-order valence-electron chi connectivity index (χ0n) is 14.4. The molecule has 0 aromatic heterocycles. The van der Waals surface area contributed by atoms with Crippen molar-refractivity contribution in [3.63, 3.8) is 0 Å². The van der Waals surface area contributed by atoms with Crippen LogP contribution in [-0.2, 0) is 4.74 Å². The first-order valence-electron chi connectivity index (χ1n) is 7.85. The van der Waals surface area contributed by atoms with E-state index in [0.29, 0.717) is 17.9 Å². The van der Waals surface area contributed by atoms with Crippen molar-refractivity contribution in [3.05, 3.63) is 63.7 Å². The molecule has 2 aromatic rings. The first-order valence-corrected chi connectivity index (χ1v) is 7.85. The maximum atomic E-state index is 12.1. The quantitative estimate of drug-likeness (QED) is 0.334. The van der Waals surface area contributed by atoms with Gasteiger partial charge in [0.15, 0.2) is 12.4 Å². The van der Waals surface area contributed by atoms with Crippen LogP contribution >= 0.6 is 0 Å². The van der Waals surface area contributed by atoms with Gasteiger partial charge in [-0.2, -0.15) is 0 Å². The van der Waals surface area contributed by atoms with E-state index in [4.69, 9.17) is 9.47 Å². The average Bonchev–Trinajstić information content (AvgIpc) is 2.66. The van der Waals surface area contributed by atoms with Gasteiger partial charge in [-0.15, -0.1) is 0 Å². The number of carbonyl (C=O) groups is 2. The van der Waals surface area contributed by atoms with Crippen molar-refractivity contribution in [2.24, 2.45) is 0 Å². The van der Waals surface area contributed by atoms with E-state index < -0.39 is 17.5 Å². The van der Waals surface area contributed by atoms with Crippen LogP contribution in [0.4, 0.5) is 11.4 Å². The summed E-state index contributed by atoms with van der Waals surface area (Å²) in [6, 6.07) is 10.4. The molecule has 8 nitrogen and oxygen atoms in total. The molecule has 0 saturated carbocycles. The summed E-state index contributed by atoms with van der Waals surface area (Å²) in [5.41, 5.74) is 0.393. The maximum Gasteiger partial charge on any atom is 0.338 e. The van der Waals surface area contributed by atoms with Crippen molar-refractivity contribution in [1.29, 1.82) is 0 Å². The normalized spacial score (nSPS) is 10.1. The number of hydrogen-bond acceptors (Lipinski definition) is 7. The van der Waals surface area contributed by atoms with Gasteiger partial charge in [0.25, 0.3) is 5.69 Å².